The van der Waals surface area contributed by atoms with Crippen molar-refractivity contribution in [3.63, 3.8) is 0 Å². The van der Waals surface area contributed by atoms with Crippen LogP contribution in [0.4, 0.5) is 0 Å². The Morgan fingerprint density at radius 2 is 1.83 bits per heavy atom. The maximum atomic E-state index is 12.9. The molecule has 0 saturated carbocycles. The number of allylic oxidation sites excluding steroid dienone is 3. The van der Waals surface area contributed by atoms with Crippen molar-refractivity contribution < 1.29 is 8.42 Å². The predicted molar refractivity (Wildman–Crippen MR) is 98.3 cm³/mol. The number of nitrogens with zero attached hydrogens (tertiary/aromatic N) is 2. The van der Waals surface area contributed by atoms with Crippen LogP contribution in [0.3, 0.4) is 0 Å². The molecule has 0 aromatic heterocycles. The Morgan fingerprint density at radius 1 is 1.17 bits per heavy atom. The first-order valence-corrected chi connectivity index (χ1v) is 9.78. The summed E-state index contributed by atoms with van der Waals surface area (Å²) in [5.41, 5.74) is 0.313. The Labute approximate surface area is 144 Å². The van der Waals surface area contributed by atoms with Crippen molar-refractivity contribution in [2.45, 2.75) is 31.2 Å². The Balaban J connectivity index is 2.17. The minimum absolute atomic E-state index is 0.0513. The average Bonchev–Trinajstić information content (AvgIpc) is 2.98. The first kappa shape index (κ1) is 18.6. The van der Waals surface area contributed by atoms with Crippen LogP contribution in [0.5, 0.6) is 0 Å². The molecule has 24 heavy (non-hydrogen) atoms. The van der Waals surface area contributed by atoms with Crippen molar-refractivity contribution in [3.05, 3.63) is 37.0 Å². The Kier molecular flexibility index (Phi) is 5.77. The normalized spacial score (nSPS) is 21.7. The lowest BCUT2D eigenvalue weighted by atomic mass is 9.86. The van der Waals surface area contributed by atoms with Crippen LogP contribution in [-0.4, -0.2) is 60.6 Å². The SMILES string of the molecule is C=C/C=C(\C=C)CS(=O)(=O)N1CCCC12CCN(C(=N)C=N)CC2. The van der Waals surface area contributed by atoms with E-state index in [-0.39, 0.29) is 17.1 Å². The number of nitrogens with one attached hydrogen (secondary N) is 2. The maximum Gasteiger partial charge on any atom is 0.218 e. The third-order valence-electron chi connectivity index (χ3n) is 4.98. The third-order valence-corrected chi connectivity index (χ3v) is 6.92. The molecule has 1 spiro atoms. The van der Waals surface area contributed by atoms with E-state index in [0.717, 1.165) is 19.1 Å². The zero-order valence-electron chi connectivity index (χ0n) is 14.0. The van der Waals surface area contributed by atoms with E-state index in [1.165, 1.54) is 0 Å². The lowest BCUT2D eigenvalue weighted by Crippen LogP contribution is -2.55. The van der Waals surface area contributed by atoms with Crippen molar-refractivity contribution in [1.82, 2.24) is 9.21 Å². The van der Waals surface area contributed by atoms with Gasteiger partial charge in [0.05, 0.1) is 12.0 Å². The molecule has 2 saturated heterocycles. The van der Waals surface area contributed by atoms with Gasteiger partial charge in [0.25, 0.3) is 0 Å². The van der Waals surface area contributed by atoms with E-state index in [0.29, 0.717) is 38.0 Å². The number of piperidine rings is 1. The van der Waals surface area contributed by atoms with E-state index < -0.39 is 10.0 Å². The fourth-order valence-electron chi connectivity index (χ4n) is 3.72. The van der Waals surface area contributed by atoms with Crippen LogP contribution in [-0.2, 0) is 10.0 Å². The summed E-state index contributed by atoms with van der Waals surface area (Å²) in [7, 11) is -3.42. The molecule has 2 aliphatic rings. The van der Waals surface area contributed by atoms with Gasteiger partial charge in [0, 0.05) is 25.2 Å². The number of likely N-dealkylation sites (tertiary alicyclic amines) is 1. The summed E-state index contributed by atoms with van der Waals surface area (Å²) in [4.78, 5) is 1.84. The minimum atomic E-state index is -3.42. The molecular weight excluding hydrogens is 324 g/mol. The molecule has 0 radical (unpaired) electrons. The first-order chi connectivity index (χ1) is 11.4. The first-order valence-electron chi connectivity index (χ1n) is 8.17. The number of amidine groups is 1. The highest BCUT2D eigenvalue weighted by Crippen LogP contribution is 2.40. The maximum absolute atomic E-state index is 12.9. The Morgan fingerprint density at radius 3 is 2.38 bits per heavy atom. The zero-order valence-corrected chi connectivity index (χ0v) is 14.8. The molecule has 2 fully saturated rings. The van der Waals surface area contributed by atoms with Gasteiger partial charge in [-0.3, -0.25) is 5.41 Å². The Bertz CT molecular complexity index is 658. The highest BCUT2D eigenvalue weighted by atomic mass is 32.2. The quantitative estimate of drug-likeness (QED) is 0.437. The topological polar surface area (TPSA) is 88.3 Å². The molecule has 2 aliphatic heterocycles. The molecule has 2 N–H and O–H groups in total. The smallest absolute Gasteiger partial charge is 0.218 e. The van der Waals surface area contributed by atoms with Gasteiger partial charge in [-0.05, 0) is 31.3 Å². The van der Waals surface area contributed by atoms with E-state index in [4.69, 9.17) is 10.8 Å². The largest absolute Gasteiger partial charge is 0.356 e. The second-order valence-corrected chi connectivity index (χ2v) is 8.25. The van der Waals surface area contributed by atoms with Gasteiger partial charge >= 0.3 is 0 Å². The molecule has 0 aromatic carbocycles. The molecule has 0 aromatic rings. The molecule has 0 atom stereocenters. The zero-order chi connectivity index (χ0) is 17.8. The lowest BCUT2D eigenvalue weighted by Gasteiger charge is -2.44. The van der Waals surface area contributed by atoms with E-state index in [9.17, 15) is 8.42 Å². The molecule has 132 valence electrons. The standard InChI is InChI=1S/C17H26N4O2S/c1-3-6-15(4-2)14-24(22,23)21-10-5-7-17(21)8-11-20(12-9-17)16(19)13-18/h3-4,6,13,18-19H,1-2,5,7-12,14H2/b15-6+,18-13?,19-16?. The van der Waals surface area contributed by atoms with E-state index in [2.05, 4.69) is 13.2 Å². The van der Waals surface area contributed by atoms with Gasteiger partial charge in [-0.2, -0.15) is 4.31 Å². The number of hydrogen-bond acceptors (Lipinski definition) is 4. The summed E-state index contributed by atoms with van der Waals surface area (Å²) in [6.45, 7) is 9.10. The van der Waals surface area contributed by atoms with Crippen molar-refractivity contribution in [1.29, 1.82) is 10.8 Å². The molecule has 2 rings (SSSR count). The fourth-order valence-corrected chi connectivity index (χ4v) is 5.78. The second-order valence-electron chi connectivity index (χ2n) is 6.35. The highest BCUT2D eigenvalue weighted by molar-refractivity contribution is 7.89. The molecule has 0 unspecified atom stereocenters. The summed E-state index contributed by atoms with van der Waals surface area (Å²) in [6.07, 6.45) is 9.01. The van der Waals surface area contributed by atoms with Gasteiger partial charge in [0.1, 0.15) is 5.84 Å². The van der Waals surface area contributed by atoms with E-state index in [1.807, 2.05) is 4.90 Å². The van der Waals surface area contributed by atoms with Crippen LogP contribution < -0.4 is 0 Å². The van der Waals surface area contributed by atoms with Crippen LogP contribution in [0, 0.1) is 10.8 Å². The molecule has 0 bridgehead atoms. The minimum Gasteiger partial charge on any atom is -0.356 e. The van der Waals surface area contributed by atoms with E-state index >= 15 is 0 Å². The molecule has 0 aliphatic carbocycles. The summed E-state index contributed by atoms with van der Waals surface area (Å²) in [5.74, 6) is 0.143. The summed E-state index contributed by atoms with van der Waals surface area (Å²) >= 11 is 0. The molecular formula is C17H26N4O2S. The second kappa shape index (κ2) is 7.44. The van der Waals surface area contributed by atoms with Gasteiger partial charge in [0.15, 0.2) is 0 Å². The predicted octanol–water partition coefficient (Wildman–Crippen LogP) is 2.17. The van der Waals surface area contributed by atoms with Gasteiger partial charge < -0.3 is 10.3 Å². The van der Waals surface area contributed by atoms with Crippen LogP contribution in [0.25, 0.3) is 0 Å². The van der Waals surface area contributed by atoms with Crippen LogP contribution in [0.2, 0.25) is 0 Å². The highest BCUT2D eigenvalue weighted by Gasteiger charge is 2.48. The van der Waals surface area contributed by atoms with Gasteiger partial charge in [-0.15, -0.1) is 0 Å². The number of hydrogen-bond donors (Lipinski definition) is 2. The van der Waals surface area contributed by atoms with Crippen molar-refractivity contribution >= 4 is 22.1 Å². The third kappa shape index (κ3) is 3.67. The van der Waals surface area contributed by atoms with Gasteiger partial charge in [-0.1, -0.05) is 31.4 Å². The lowest BCUT2D eigenvalue weighted by molar-refractivity contribution is 0.140. The van der Waals surface area contributed by atoms with Gasteiger partial charge in [0.2, 0.25) is 10.0 Å². The van der Waals surface area contributed by atoms with Crippen molar-refractivity contribution in [3.8, 4) is 0 Å². The van der Waals surface area contributed by atoms with Crippen LogP contribution in [0.15, 0.2) is 37.0 Å². The van der Waals surface area contributed by atoms with Gasteiger partial charge in [-0.25, -0.2) is 8.42 Å². The van der Waals surface area contributed by atoms with E-state index in [1.54, 1.807) is 22.5 Å². The molecule has 6 nitrogen and oxygen atoms in total. The van der Waals surface area contributed by atoms with Crippen LogP contribution in [0.1, 0.15) is 25.7 Å². The number of sulfonamides is 1. The molecule has 2 heterocycles. The molecule has 0 amide bonds. The summed E-state index contributed by atoms with van der Waals surface area (Å²) < 4.78 is 27.6. The number of rotatable bonds is 6. The monoisotopic (exact) mass is 350 g/mol. The molecule has 7 heteroatoms. The fraction of sp³-hybridized carbons (Fsp3) is 0.529. The van der Waals surface area contributed by atoms with Crippen LogP contribution >= 0.6 is 0 Å². The summed E-state index contributed by atoms with van der Waals surface area (Å²) in [5, 5.41) is 15.0. The van der Waals surface area contributed by atoms with Crippen molar-refractivity contribution in [2.75, 3.05) is 25.4 Å². The summed E-state index contributed by atoms with van der Waals surface area (Å²) in [6, 6.07) is 0. The Hall–Kier alpha value is -1.73. The average molecular weight is 350 g/mol. The van der Waals surface area contributed by atoms with Crippen molar-refractivity contribution in [2.24, 2.45) is 0 Å².